The number of rotatable bonds is 2. The minimum absolute atomic E-state index is 0.350. The highest BCUT2D eigenvalue weighted by Gasteiger charge is 2.38. The smallest absolute Gasteiger partial charge is 0.326 e. The highest BCUT2D eigenvalue weighted by molar-refractivity contribution is 5.73. The maximum Gasteiger partial charge on any atom is 0.326 e. The number of carboxylic acids is 1. The van der Waals surface area contributed by atoms with Gasteiger partial charge in [0.05, 0.1) is 14.1 Å². The summed E-state index contributed by atoms with van der Waals surface area (Å²) in [5.41, 5.74) is 0. The third-order valence-electron chi connectivity index (χ3n) is 2.21. The third kappa shape index (κ3) is 1.76. The molecule has 1 aliphatic rings. The number of carbonyl (C=O) groups is 1. The fraction of sp³-hybridized carbons (Fsp3) is 0.750. The van der Waals surface area contributed by atoms with Crippen molar-refractivity contribution >= 4 is 5.97 Å². The number of hydrogen-bond acceptors (Lipinski definition) is 2. The quantitative estimate of drug-likeness (QED) is 0.610. The van der Waals surface area contributed by atoms with Gasteiger partial charge in [-0.2, -0.15) is 0 Å². The summed E-state index contributed by atoms with van der Waals surface area (Å²) < 4.78 is 0.358. The molecule has 1 radical (unpaired) electrons. The lowest BCUT2D eigenvalue weighted by atomic mass is 10.2. The zero-order valence-corrected chi connectivity index (χ0v) is 7.66. The monoisotopic (exact) mass is 172 g/mol. The van der Waals surface area contributed by atoms with Gasteiger partial charge in [0.1, 0.15) is 7.05 Å². The van der Waals surface area contributed by atoms with E-state index in [4.69, 9.17) is 5.11 Å². The van der Waals surface area contributed by atoms with Crippen LogP contribution in [0.3, 0.4) is 0 Å². The molecule has 0 bridgehead atoms. The molecule has 0 aromatic rings. The molecule has 0 aromatic carbocycles. The number of hydrogen-bond donors (Lipinski definition) is 1. The fourth-order valence-corrected chi connectivity index (χ4v) is 1.65. The van der Waals surface area contributed by atoms with E-state index in [1.165, 1.54) is 0 Å². The molecule has 1 heterocycles. The molecule has 69 valence electrons. The lowest BCUT2D eigenvalue weighted by molar-refractivity contribution is -0.966. The largest absolute Gasteiger partial charge is 0.480 e. The summed E-state index contributed by atoms with van der Waals surface area (Å²) in [5.74, 6) is -0.734. The van der Waals surface area contributed by atoms with Crippen LogP contribution < -0.4 is 0 Å². The van der Waals surface area contributed by atoms with Crippen molar-refractivity contribution in [2.75, 3.05) is 20.6 Å². The van der Waals surface area contributed by atoms with E-state index >= 15 is 0 Å². The molecule has 12 heavy (non-hydrogen) atoms. The predicted molar refractivity (Wildman–Crippen MR) is 44.8 cm³/mol. The van der Waals surface area contributed by atoms with Crippen molar-refractivity contribution in [1.29, 1.82) is 0 Å². The molecule has 0 unspecified atom stereocenters. The maximum absolute atomic E-state index is 10.8. The Balaban J connectivity index is 2.71. The van der Waals surface area contributed by atoms with Crippen LogP contribution >= 0.6 is 0 Å². The summed E-state index contributed by atoms with van der Waals surface area (Å²) in [4.78, 5) is 10.8. The first kappa shape index (κ1) is 9.48. The van der Waals surface area contributed by atoms with Crippen LogP contribution in [0.4, 0.5) is 0 Å². The van der Waals surface area contributed by atoms with Gasteiger partial charge in [-0.1, -0.05) is 0 Å². The first-order chi connectivity index (χ1) is 5.43. The summed E-state index contributed by atoms with van der Waals surface area (Å²) in [6.07, 6.45) is 1.70. The summed E-state index contributed by atoms with van der Waals surface area (Å²) in [7, 11) is 7.67. The molecule has 1 aliphatic heterocycles. The topological polar surface area (TPSA) is 40.5 Å². The Hall–Kier alpha value is -0.610. The van der Waals surface area contributed by atoms with Crippen LogP contribution in [0.5, 0.6) is 0 Å². The van der Waals surface area contributed by atoms with Crippen LogP contribution in [0.25, 0.3) is 0 Å². The van der Waals surface area contributed by atoms with Crippen LogP contribution in [0.1, 0.15) is 12.8 Å². The second-order valence-corrected chi connectivity index (χ2v) is 3.78. The van der Waals surface area contributed by atoms with Crippen LogP contribution in [-0.2, 0) is 4.79 Å². The van der Waals surface area contributed by atoms with Gasteiger partial charge in [0.25, 0.3) is 0 Å². The first-order valence-electron chi connectivity index (χ1n) is 4.11. The summed E-state index contributed by atoms with van der Waals surface area (Å²) >= 11 is 0. The predicted octanol–water partition coefficient (Wildman–Crippen LogP) is 0.318. The van der Waals surface area contributed by atoms with E-state index in [1.54, 1.807) is 0 Å². The average molecular weight is 172 g/mol. The Kier molecular flexibility index (Phi) is 2.39. The van der Waals surface area contributed by atoms with E-state index < -0.39 is 5.97 Å². The van der Waals surface area contributed by atoms with E-state index in [2.05, 4.69) is 7.05 Å². The van der Waals surface area contributed by atoms with Gasteiger partial charge in [0.2, 0.25) is 0 Å². The van der Waals surface area contributed by atoms with Gasteiger partial charge in [0.15, 0.2) is 6.04 Å². The van der Waals surface area contributed by atoms with Gasteiger partial charge in [-0.15, -0.1) is 5.01 Å². The second-order valence-electron chi connectivity index (χ2n) is 3.78. The van der Waals surface area contributed by atoms with Crippen molar-refractivity contribution in [2.45, 2.75) is 18.9 Å². The molecule has 0 aliphatic carbocycles. The highest BCUT2D eigenvalue weighted by atomic mass is 16.4. The van der Waals surface area contributed by atoms with E-state index in [9.17, 15) is 4.79 Å². The van der Waals surface area contributed by atoms with Gasteiger partial charge >= 0.3 is 5.97 Å². The molecule has 1 atom stereocenters. The van der Waals surface area contributed by atoms with Gasteiger partial charge in [0, 0.05) is 6.54 Å². The standard InChI is InChI=1S/C8H16N2O2/c1-10(2,3)9-6-4-5-7(9)8(11)12/h7H,1,4-6H2,2-3H3,(H,11,12)/q+1/t7-/m0/s1. The van der Waals surface area contributed by atoms with Crippen molar-refractivity contribution in [3.63, 3.8) is 0 Å². The first-order valence-corrected chi connectivity index (χ1v) is 4.11. The molecule has 4 nitrogen and oxygen atoms in total. The molecule has 1 fully saturated rings. The molecular formula is C8H16N2O2+. The molecule has 4 heteroatoms. The minimum Gasteiger partial charge on any atom is -0.480 e. The molecule has 0 spiro atoms. The van der Waals surface area contributed by atoms with Crippen molar-refractivity contribution in [3.8, 4) is 0 Å². The molecule has 0 amide bonds. The van der Waals surface area contributed by atoms with E-state index in [0.717, 1.165) is 19.4 Å². The van der Waals surface area contributed by atoms with Crippen LogP contribution in [-0.4, -0.2) is 47.4 Å². The number of carboxylic acid groups (broad SMARTS) is 1. The Bertz CT molecular complexity index is 186. The van der Waals surface area contributed by atoms with Crippen molar-refractivity contribution in [1.82, 2.24) is 5.01 Å². The zero-order valence-electron chi connectivity index (χ0n) is 7.66. The summed E-state index contributed by atoms with van der Waals surface area (Å²) in [6, 6.07) is -0.350. The number of nitrogens with zero attached hydrogens (tertiary/aromatic N) is 2. The van der Waals surface area contributed by atoms with Gasteiger partial charge in [-0.25, -0.2) is 4.59 Å². The average Bonchev–Trinajstić information content (AvgIpc) is 2.30. The van der Waals surface area contributed by atoms with E-state index in [1.807, 2.05) is 19.1 Å². The Morgan fingerprint density at radius 2 is 2.25 bits per heavy atom. The van der Waals surface area contributed by atoms with Gasteiger partial charge in [-0.05, 0) is 12.8 Å². The molecule has 1 rings (SSSR count). The highest BCUT2D eigenvalue weighted by Crippen LogP contribution is 2.21. The van der Waals surface area contributed by atoms with Crippen LogP contribution in [0, 0.1) is 7.05 Å². The molecule has 1 saturated heterocycles. The molecule has 1 N–H and O–H groups in total. The summed E-state index contributed by atoms with van der Waals surface area (Å²) in [6.45, 7) is 0.827. The summed E-state index contributed by atoms with van der Waals surface area (Å²) in [5, 5.41) is 10.8. The number of aliphatic carboxylic acids is 1. The van der Waals surface area contributed by atoms with E-state index in [-0.39, 0.29) is 6.04 Å². The van der Waals surface area contributed by atoms with Crippen LogP contribution in [0.15, 0.2) is 0 Å². The third-order valence-corrected chi connectivity index (χ3v) is 2.21. The normalized spacial score (nSPS) is 26.1. The lowest BCUT2D eigenvalue weighted by Crippen LogP contribution is -2.54. The minimum atomic E-state index is -0.734. The lowest BCUT2D eigenvalue weighted by Gasteiger charge is -2.35. The molecule has 0 aromatic heterocycles. The molecular weight excluding hydrogens is 156 g/mol. The van der Waals surface area contributed by atoms with E-state index in [0.29, 0.717) is 4.59 Å². The maximum atomic E-state index is 10.8. The van der Waals surface area contributed by atoms with Crippen molar-refractivity contribution < 1.29 is 14.5 Å². The van der Waals surface area contributed by atoms with Crippen molar-refractivity contribution in [2.24, 2.45) is 0 Å². The Labute approximate surface area is 72.9 Å². The molecule has 0 saturated carbocycles. The van der Waals surface area contributed by atoms with Crippen molar-refractivity contribution in [3.05, 3.63) is 7.05 Å². The van der Waals surface area contributed by atoms with Gasteiger partial charge < -0.3 is 5.11 Å². The Morgan fingerprint density at radius 3 is 2.58 bits per heavy atom. The zero-order chi connectivity index (χ0) is 9.35. The fourth-order valence-electron chi connectivity index (χ4n) is 1.65. The second kappa shape index (κ2) is 3.03. The SMILES string of the molecule is [CH2][N+](C)(C)N1CCC[C@H]1C(=O)O. The van der Waals surface area contributed by atoms with Crippen LogP contribution in [0.2, 0.25) is 0 Å². The Morgan fingerprint density at radius 1 is 1.67 bits per heavy atom. The number of quaternary nitrogens is 1. The van der Waals surface area contributed by atoms with Gasteiger partial charge in [-0.3, -0.25) is 4.79 Å².